The highest BCUT2D eigenvalue weighted by Gasteiger charge is 2.04. The molecule has 0 saturated carbocycles. The lowest BCUT2D eigenvalue weighted by Gasteiger charge is -2.00. The van der Waals surface area contributed by atoms with E-state index < -0.39 is 5.91 Å². The van der Waals surface area contributed by atoms with Gasteiger partial charge in [0.1, 0.15) is 0 Å². The van der Waals surface area contributed by atoms with Crippen LogP contribution in [0.4, 0.5) is 0 Å². The average Bonchev–Trinajstić information content (AvgIpc) is 2.30. The Kier molecular flexibility index (Phi) is 2.41. The summed E-state index contributed by atoms with van der Waals surface area (Å²) in [5, 5.41) is 7.67. The molecule has 0 aliphatic heterocycles. The fourth-order valence-electron chi connectivity index (χ4n) is 1.25. The average molecular weight is 199 g/mol. The van der Waals surface area contributed by atoms with E-state index in [9.17, 15) is 4.79 Å². The molecule has 0 bridgehead atoms. The molecule has 2 rings (SSSR count). The zero-order valence-corrected chi connectivity index (χ0v) is 7.92. The molecule has 2 N–H and O–H groups in total. The summed E-state index contributed by atoms with van der Waals surface area (Å²) in [5.74, 6) is -0.498. The Bertz CT molecular complexity index is 482. The lowest BCUT2D eigenvalue weighted by Crippen LogP contribution is -2.11. The number of aromatic nitrogens is 2. The summed E-state index contributed by atoms with van der Waals surface area (Å²) in [4.78, 5) is 10.9. The van der Waals surface area contributed by atoms with Gasteiger partial charge in [-0.1, -0.05) is 30.3 Å². The maximum Gasteiger partial charge on any atom is 0.250 e. The zero-order chi connectivity index (χ0) is 10.7. The van der Waals surface area contributed by atoms with Crippen LogP contribution in [0, 0.1) is 0 Å². The molecule has 0 radical (unpaired) electrons. The maximum absolute atomic E-state index is 10.9. The molecule has 0 unspecified atom stereocenters. The summed E-state index contributed by atoms with van der Waals surface area (Å²) in [5.41, 5.74) is 7.07. The van der Waals surface area contributed by atoms with Crippen LogP contribution in [0.5, 0.6) is 0 Å². The van der Waals surface area contributed by atoms with Crippen LogP contribution in [-0.4, -0.2) is 16.1 Å². The van der Waals surface area contributed by atoms with Crippen molar-refractivity contribution < 1.29 is 4.79 Å². The van der Waals surface area contributed by atoms with Crippen LogP contribution in [-0.2, 0) is 0 Å². The van der Waals surface area contributed by atoms with Crippen LogP contribution in [0.1, 0.15) is 10.4 Å². The van der Waals surface area contributed by atoms with Crippen molar-refractivity contribution in [1.82, 2.24) is 10.2 Å². The molecular formula is C11H9N3O. The van der Waals surface area contributed by atoms with Gasteiger partial charge in [0, 0.05) is 5.56 Å². The number of nitrogens with two attached hydrogens (primary N) is 1. The van der Waals surface area contributed by atoms with E-state index >= 15 is 0 Å². The first-order chi connectivity index (χ1) is 7.27. The van der Waals surface area contributed by atoms with Gasteiger partial charge in [-0.15, -0.1) is 0 Å². The van der Waals surface area contributed by atoms with Gasteiger partial charge in [-0.05, 0) is 6.07 Å². The molecule has 74 valence electrons. The van der Waals surface area contributed by atoms with Crippen LogP contribution in [0.15, 0.2) is 42.6 Å². The first kappa shape index (κ1) is 9.33. The summed E-state index contributed by atoms with van der Waals surface area (Å²) in [6.07, 6.45) is 1.36. The predicted molar refractivity (Wildman–Crippen MR) is 56.0 cm³/mol. The normalized spacial score (nSPS) is 9.87. The minimum Gasteiger partial charge on any atom is -0.366 e. The molecule has 0 spiro atoms. The van der Waals surface area contributed by atoms with Crippen molar-refractivity contribution in [3.8, 4) is 11.3 Å². The van der Waals surface area contributed by atoms with E-state index in [-0.39, 0.29) is 0 Å². The summed E-state index contributed by atoms with van der Waals surface area (Å²) >= 11 is 0. The van der Waals surface area contributed by atoms with Gasteiger partial charge in [0.05, 0.1) is 17.5 Å². The standard InChI is InChI=1S/C11H9N3O/c12-11(15)9-6-10(14-13-7-9)8-4-2-1-3-5-8/h1-7H,(H2,12,15). The number of primary amides is 1. The predicted octanol–water partition coefficient (Wildman–Crippen LogP) is 1.24. The number of nitrogens with zero attached hydrogens (tertiary/aromatic N) is 2. The topological polar surface area (TPSA) is 68.9 Å². The lowest BCUT2D eigenvalue weighted by atomic mass is 10.1. The second-order valence-electron chi connectivity index (χ2n) is 3.06. The Morgan fingerprint density at radius 3 is 2.60 bits per heavy atom. The maximum atomic E-state index is 10.9. The number of carbonyl (C=O) groups is 1. The molecule has 1 heterocycles. The molecule has 0 saturated heterocycles. The van der Waals surface area contributed by atoms with Crippen molar-refractivity contribution >= 4 is 5.91 Å². The quantitative estimate of drug-likeness (QED) is 0.791. The fraction of sp³-hybridized carbons (Fsp3) is 0. The Balaban J connectivity index is 2.46. The molecule has 0 aliphatic rings. The van der Waals surface area contributed by atoms with Crippen LogP contribution < -0.4 is 5.73 Å². The molecular weight excluding hydrogens is 190 g/mol. The molecule has 1 amide bonds. The van der Waals surface area contributed by atoms with Crippen molar-refractivity contribution in [3.63, 3.8) is 0 Å². The van der Waals surface area contributed by atoms with E-state index in [0.717, 1.165) is 5.56 Å². The Hall–Kier alpha value is -2.23. The highest BCUT2D eigenvalue weighted by atomic mass is 16.1. The Labute approximate surface area is 86.8 Å². The first-order valence-corrected chi connectivity index (χ1v) is 4.45. The summed E-state index contributed by atoms with van der Waals surface area (Å²) in [6, 6.07) is 11.1. The second-order valence-corrected chi connectivity index (χ2v) is 3.06. The van der Waals surface area contributed by atoms with E-state index in [1.165, 1.54) is 6.20 Å². The summed E-state index contributed by atoms with van der Waals surface area (Å²) in [7, 11) is 0. The third kappa shape index (κ3) is 1.99. The molecule has 0 fully saturated rings. The molecule has 0 aliphatic carbocycles. The molecule has 1 aromatic carbocycles. The van der Waals surface area contributed by atoms with Crippen molar-refractivity contribution in [1.29, 1.82) is 0 Å². The lowest BCUT2D eigenvalue weighted by molar-refractivity contribution is 0.1000. The van der Waals surface area contributed by atoms with Crippen molar-refractivity contribution in [2.45, 2.75) is 0 Å². The molecule has 2 aromatic rings. The zero-order valence-electron chi connectivity index (χ0n) is 7.92. The first-order valence-electron chi connectivity index (χ1n) is 4.45. The number of hydrogen-bond donors (Lipinski definition) is 1. The van der Waals surface area contributed by atoms with E-state index in [2.05, 4.69) is 10.2 Å². The fourth-order valence-corrected chi connectivity index (χ4v) is 1.25. The Morgan fingerprint density at radius 1 is 1.20 bits per heavy atom. The second kappa shape index (κ2) is 3.88. The van der Waals surface area contributed by atoms with Gasteiger partial charge in [-0.25, -0.2) is 0 Å². The van der Waals surface area contributed by atoms with Crippen molar-refractivity contribution in [2.75, 3.05) is 0 Å². The van der Waals surface area contributed by atoms with Crippen molar-refractivity contribution in [2.24, 2.45) is 5.73 Å². The molecule has 4 heteroatoms. The van der Waals surface area contributed by atoms with Crippen LogP contribution >= 0.6 is 0 Å². The van der Waals surface area contributed by atoms with Gasteiger partial charge >= 0.3 is 0 Å². The van der Waals surface area contributed by atoms with E-state index in [0.29, 0.717) is 11.3 Å². The minimum atomic E-state index is -0.498. The highest BCUT2D eigenvalue weighted by molar-refractivity contribution is 5.93. The molecule has 4 nitrogen and oxygen atoms in total. The molecule has 15 heavy (non-hydrogen) atoms. The SMILES string of the molecule is NC(=O)c1cnnc(-c2ccccc2)c1. The smallest absolute Gasteiger partial charge is 0.250 e. The monoisotopic (exact) mass is 199 g/mol. The molecule has 0 atom stereocenters. The van der Waals surface area contributed by atoms with E-state index in [4.69, 9.17) is 5.73 Å². The van der Waals surface area contributed by atoms with E-state index in [1.807, 2.05) is 30.3 Å². The van der Waals surface area contributed by atoms with Crippen molar-refractivity contribution in [3.05, 3.63) is 48.2 Å². The molecule has 1 aromatic heterocycles. The third-order valence-electron chi connectivity index (χ3n) is 2.01. The summed E-state index contributed by atoms with van der Waals surface area (Å²) < 4.78 is 0. The van der Waals surface area contributed by atoms with Gasteiger partial charge in [0.2, 0.25) is 5.91 Å². The number of carbonyl (C=O) groups excluding carboxylic acids is 1. The van der Waals surface area contributed by atoms with Crippen LogP contribution in [0.3, 0.4) is 0 Å². The van der Waals surface area contributed by atoms with Gasteiger partial charge < -0.3 is 5.73 Å². The largest absolute Gasteiger partial charge is 0.366 e. The minimum absolute atomic E-state index is 0.365. The van der Waals surface area contributed by atoms with E-state index in [1.54, 1.807) is 6.07 Å². The van der Waals surface area contributed by atoms with Crippen LogP contribution in [0.25, 0.3) is 11.3 Å². The highest BCUT2D eigenvalue weighted by Crippen LogP contribution is 2.15. The van der Waals surface area contributed by atoms with Gasteiger partial charge in [-0.2, -0.15) is 10.2 Å². The Morgan fingerprint density at radius 2 is 1.93 bits per heavy atom. The summed E-state index contributed by atoms with van der Waals surface area (Å²) in [6.45, 7) is 0. The van der Waals surface area contributed by atoms with Gasteiger partial charge in [-0.3, -0.25) is 4.79 Å². The number of rotatable bonds is 2. The third-order valence-corrected chi connectivity index (χ3v) is 2.01. The van der Waals surface area contributed by atoms with Gasteiger partial charge in [0.15, 0.2) is 0 Å². The van der Waals surface area contributed by atoms with Gasteiger partial charge in [0.25, 0.3) is 0 Å². The number of benzene rings is 1. The number of amides is 1. The number of hydrogen-bond acceptors (Lipinski definition) is 3. The van der Waals surface area contributed by atoms with Crippen LogP contribution in [0.2, 0.25) is 0 Å².